The van der Waals surface area contributed by atoms with Crippen molar-refractivity contribution in [1.82, 2.24) is 0 Å². The van der Waals surface area contributed by atoms with E-state index in [1.54, 1.807) is 21.1 Å². The van der Waals surface area contributed by atoms with Gasteiger partial charge in [0.05, 0.1) is 33.5 Å². The smallest absolute Gasteiger partial charge is 0.315 e. The van der Waals surface area contributed by atoms with E-state index in [1.807, 2.05) is 30.3 Å². The Bertz CT molecular complexity index is 953. The minimum Gasteiger partial charge on any atom is -0.493 e. The summed E-state index contributed by atoms with van der Waals surface area (Å²) in [6.45, 7) is 6.64. The van der Waals surface area contributed by atoms with E-state index in [2.05, 4.69) is 19.9 Å². The number of aliphatic imine (C=N–C) groups is 1. The molecule has 6 nitrogen and oxygen atoms in total. The van der Waals surface area contributed by atoms with Gasteiger partial charge >= 0.3 is 5.97 Å². The largest absolute Gasteiger partial charge is 0.493 e. The Kier molecular flexibility index (Phi) is 7.55. The maximum absolute atomic E-state index is 12.6. The lowest BCUT2D eigenvalue weighted by Crippen LogP contribution is -2.26. The fourth-order valence-corrected chi connectivity index (χ4v) is 3.65. The van der Waals surface area contributed by atoms with Crippen molar-refractivity contribution in [2.24, 2.45) is 4.99 Å². The fraction of sp³-hybridized carbons (Fsp3) is 0.440. The quantitative estimate of drug-likeness (QED) is 0.551. The van der Waals surface area contributed by atoms with E-state index < -0.39 is 5.92 Å². The topological polar surface area (TPSA) is 66.4 Å². The molecule has 0 aliphatic carbocycles. The molecule has 1 aliphatic heterocycles. The number of hydrogen-bond acceptors (Lipinski definition) is 6. The Labute approximate surface area is 184 Å². The van der Waals surface area contributed by atoms with E-state index in [0.717, 1.165) is 34.6 Å². The summed E-state index contributed by atoms with van der Waals surface area (Å²) in [6, 6.07) is 11.8. The highest BCUT2D eigenvalue weighted by Gasteiger charge is 2.31. The molecule has 0 saturated heterocycles. The summed E-state index contributed by atoms with van der Waals surface area (Å²) in [5.74, 6) is 1.30. The maximum Gasteiger partial charge on any atom is 0.315 e. The highest BCUT2D eigenvalue weighted by molar-refractivity contribution is 6.06. The Morgan fingerprint density at radius 2 is 1.87 bits per heavy atom. The van der Waals surface area contributed by atoms with Crippen LogP contribution in [0.5, 0.6) is 17.2 Å². The van der Waals surface area contributed by atoms with Gasteiger partial charge in [-0.15, -0.1) is 0 Å². The van der Waals surface area contributed by atoms with Crippen molar-refractivity contribution in [3.63, 3.8) is 0 Å². The Balaban J connectivity index is 1.96. The second kappa shape index (κ2) is 10.3. The number of benzene rings is 2. The van der Waals surface area contributed by atoms with Crippen LogP contribution in [-0.4, -0.2) is 45.2 Å². The summed E-state index contributed by atoms with van der Waals surface area (Å²) in [5, 5.41) is 0. The van der Waals surface area contributed by atoms with E-state index in [1.165, 1.54) is 0 Å². The molecule has 1 aliphatic rings. The summed E-state index contributed by atoms with van der Waals surface area (Å²) in [5.41, 5.74) is 3.73. The summed E-state index contributed by atoms with van der Waals surface area (Å²) in [7, 11) is 3.19. The van der Waals surface area contributed by atoms with Crippen molar-refractivity contribution in [1.29, 1.82) is 0 Å². The van der Waals surface area contributed by atoms with E-state index in [0.29, 0.717) is 31.1 Å². The second-order valence-corrected chi connectivity index (χ2v) is 7.55. The monoisotopic (exact) mass is 425 g/mol. The first-order valence-electron chi connectivity index (χ1n) is 10.7. The van der Waals surface area contributed by atoms with Gasteiger partial charge in [-0.1, -0.05) is 19.1 Å². The van der Waals surface area contributed by atoms with Crippen LogP contribution < -0.4 is 14.2 Å². The number of hydrogen-bond donors (Lipinski definition) is 0. The number of carbonyl (C=O) groups is 1. The van der Waals surface area contributed by atoms with Crippen molar-refractivity contribution in [3.05, 3.63) is 53.1 Å². The minimum atomic E-state index is -0.460. The number of methoxy groups -OCH3 is 2. The third-order valence-corrected chi connectivity index (χ3v) is 5.46. The van der Waals surface area contributed by atoms with Crippen LogP contribution in [0.1, 0.15) is 49.8 Å². The first kappa shape index (κ1) is 22.7. The zero-order valence-electron chi connectivity index (χ0n) is 18.9. The highest BCUT2D eigenvalue weighted by atomic mass is 16.5. The van der Waals surface area contributed by atoms with Crippen LogP contribution in [0.25, 0.3) is 0 Å². The summed E-state index contributed by atoms with van der Waals surface area (Å²) in [4.78, 5) is 17.3. The number of carbonyl (C=O) groups excluding carboxylic acids is 1. The van der Waals surface area contributed by atoms with Crippen LogP contribution in [0.4, 0.5) is 0 Å². The lowest BCUT2D eigenvalue weighted by atomic mass is 9.86. The molecular weight excluding hydrogens is 394 g/mol. The molecule has 2 unspecified atom stereocenters. The van der Waals surface area contributed by atoms with Crippen molar-refractivity contribution in [3.8, 4) is 17.2 Å². The highest BCUT2D eigenvalue weighted by Crippen LogP contribution is 2.37. The molecule has 166 valence electrons. The normalized spacial score (nSPS) is 16.0. The van der Waals surface area contributed by atoms with Gasteiger partial charge in [-0.05, 0) is 55.7 Å². The predicted octanol–water partition coefficient (Wildman–Crippen LogP) is 4.57. The average Bonchev–Trinajstić information content (AvgIpc) is 2.78. The summed E-state index contributed by atoms with van der Waals surface area (Å²) >= 11 is 0. The number of fused-ring (bicyclic) bond motifs is 1. The zero-order chi connectivity index (χ0) is 22.4. The van der Waals surface area contributed by atoms with Gasteiger partial charge in [-0.25, -0.2) is 0 Å². The first-order chi connectivity index (χ1) is 15.0. The van der Waals surface area contributed by atoms with E-state index >= 15 is 0 Å². The fourth-order valence-electron chi connectivity index (χ4n) is 3.65. The van der Waals surface area contributed by atoms with Crippen LogP contribution >= 0.6 is 0 Å². The molecule has 2 aromatic rings. The number of rotatable bonds is 9. The molecular formula is C25H31NO5. The predicted molar refractivity (Wildman–Crippen MR) is 121 cm³/mol. The molecule has 6 heteroatoms. The Morgan fingerprint density at radius 1 is 1.13 bits per heavy atom. The Hall–Kier alpha value is -3.02. The average molecular weight is 426 g/mol. The maximum atomic E-state index is 12.6. The van der Waals surface area contributed by atoms with Crippen molar-refractivity contribution in [2.75, 3.05) is 27.4 Å². The molecule has 0 aromatic heterocycles. The lowest BCUT2D eigenvalue weighted by Gasteiger charge is -2.25. The van der Waals surface area contributed by atoms with Crippen LogP contribution in [0.2, 0.25) is 0 Å². The molecule has 31 heavy (non-hydrogen) atoms. The standard InChI is InChI=1S/C25H31NO5/c1-6-16(3)31-18-10-8-9-17(11-18)12-22-20-14-24(29-5)23(28-4)13-19(20)21(15-26-22)25(27)30-7-2/h8-11,13-14,16,21H,6-7,12,15H2,1-5H3. The van der Waals surface area contributed by atoms with Crippen LogP contribution in [0.15, 0.2) is 41.4 Å². The van der Waals surface area contributed by atoms with Crippen molar-refractivity contribution in [2.45, 2.75) is 45.6 Å². The number of nitrogens with zero attached hydrogens (tertiary/aromatic N) is 1. The van der Waals surface area contributed by atoms with Crippen LogP contribution in [-0.2, 0) is 16.0 Å². The summed E-state index contributed by atoms with van der Waals surface area (Å²) in [6.07, 6.45) is 1.72. The SMILES string of the molecule is CCOC(=O)C1CN=C(Cc2cccc(OC(C)CC)c2)c2cc(OC)c(OC)cc21. The van der Waals surface area contributed by atoms with Gasteiger partial charge in [-0.3, -0.25) is 9.79 Å². The van der Waals surface area contributed by atoms with Crippen molar-refractivity contribution < 1.29 is 23.7 Å². The molecule has 0 fully saturated rings. The molecule has 2 aromatic carbocycles. The lowest BCUT2D eigenvalue weighted by molar-refractivity contribution is -0.144. The molecule has 2 atom stereocenters. The van der Waals surface area contributed by atoms with Gasteiger partial charge in [0.15, 0.2) is 11.5 Å². The van der Waals surface area contributed by atoms with E-state index in [-0.39, 0.29) is 12.1 Å². The van der Waals surface area contributed by atoms with Gasteiger partial charge in [0.2, 0.25) is 0 Å². The second-order valence-electron chi connectivity index (χ2n) is 7.55. The van der Waals surface area contributed by atoms with Gasteiger partial charge in [0.25, 0.3) is 0 Å². The number of ether oxygens (including phenoxy) is 4. The van der Waals surface area contributed by atoms with Gasteiger partial charge < -0.3 is 18.9 Å². The molecule has 0 N–H and O–H groups in total. The molecule has 0 spiro atoms. The van der Waals surface area contributed by atoms with Crippen molar-refractivity contribution >= 4 is 11.7 Å². The molecule has 0 saturated carbocycles. The van der Waals surface area contributed by atoms with Gasteiger partial charge in [0.1, 0.15) is 11.7 Å². The zero-order valence-corrected chi connectivity index (χ0v) is 18.9. The van der Waals surface area contributed by atoms with Crippen LogP contribution in [0, 0.1) is 0 Å². The third kappa shape index (κ3) is 5.19. The molecule has 0 radical (unpaired) electrons. The van der Waals surface area contributed by atoms with E-state index in [4.69, 9.17) is 23.9 Å². The van der Waals surface area contributed by atoms with Gasteiger partial charge in [0, 0.05) is 17.7 Å². The third-order valence-electron chi connectivity index (χ3n) is 5.46. The Morgan fingerprint density at radius 3 is 2.55 bits per heavy atom. The van der Waals surface area contributed by atoms with Gasteiger partial charge in [-0.2, -0.15) is 0 Å². The first-order valence-corrected chi connectivity index (χ1v) is 10.7. The van der Waals surface area contributed by atoms with E-state index in [9.17, 15) is 4.79 Å². The van der Waals surface area contributed by atoms with Crippen LogP contribution in [0.3, 0.4) is 0 Å². The molecule has 0 amide bonds. The number of esters is 1. The molecule has 0 bridgehead atoms. The molecule has 3 rings (SSSR count). The molecule has 1 heterocycles. The summed E-state index contributed by atoms with van der Waals surface area (Å²) < 4.78 is 22.2. The minimum absolute atomic E-state index is 0.157.